The Morgan fingerprint density at radius 2 is 2.00 bits per heavy atom. The Balaban J connectivity index is 1.74. The zero-order valence-electron chi connectivity index (χ0n) is 19.0. The number of ether oxygens (including phenoxy) is 1. The van der Waals surface area contributed by atoms with E-state index in [0.29, 0.717) is 11.8 Å². The van der Waals surface area contributed by atoms with Crippen molar-refractivity contribution in [2.75, 3.05) is 12.4 Å². The molecule has 1 N–H and O–H groups in total. The monoisotopic (exact) mass is 471 g/mol. The second-order valence-corrected chi connectivity index (χ2v) is 10.6. The third-order valence-electron chi connectivity index (χ3n) is 5.81. The summed E-state index contributed by atoms with van der Waals surface area (Å²) in [6.07, 6.45) is 3.86. The molecule has 0 spiro atoms. The number of thiophene rings is 1. The summed E-state index contributed by atoms with van der Waals surface area (Å²) in [4.78, 5) is 33.1. The molecule has 1 amide bonds. The molecule has 0 saturated carbocycles. The van der Waals surface area contributed by atoms with Crippen molar-refractivity contribution in [1.29, 1.82) is 0 Å². The van der Waals surface area contributed by atoms with Crippen molar-refractivity contribution >= 4 is 39.2 Å². The molecule has 4 rings (SSSR count). The highest BCUT2D eigenvalue weighted by Gasteiger charge is 2.25. The van der Waals surface area contributed by atoms with E-state index in [2.05, 4.69) is 5.32 Å². The predicted molar refractivity (Wildman–Crippen MR) is 132 cm³/mol. The number of amides is 1. The molecule has 1 aliphatic rings. The zero-order chi connectivity index (χ0) is 22.9. The highest BCUT2D eigenvalue weighted by Crippen LogP contribution is 2.36. The molecular weight excluding hydrogens is 442 g/mol. The standard InChI is InChI=1S/C24H29N3O3S2/c1-5-24(3,4)26-19(28)14-31-23-25-21-20(17-8-7-9-18(17)32-21)22(29)27(23)15-10-12-16(13-11-15)30-6-2/h10-13H,5-9,14H2,1-4H3,(H,26,28). The first kappa shape index (κ1) is 22.9. The number of hydrogen-bond acceptors (Lipinski definition) is 6. The lowest BCUT2D eigenvalue weighted by molar-refractivity contribution is -0.120. The van der Waals surface area contributed by atoms with E-state index in [-0.39, 0.29) is 22.8 Å². The molecule has 0 fully saturated rings. The van der Waals surface area contributed by atoms with Gasteiger partial charge >= 0.3 is 0 Å². The van der Waals surface area contributed by atoms with Crippen molar-refractivity contribution in [3.8, 4) is 11.4 Å². The molecule has 1 aromatic carbocycles. The van der Waals surface area contributed by atoms with E-state index in [1.54, 1.807) is 15.9 Å². The van der Waals surface area contributed by atoms with Crippen LogP contribution >= 0.6 is 23.1 Å². The van der Waals surface area contributed by atoms with Gasteiger partial charge < -0.3 is 10.1 Å². The van der Waals surface area contributed by atoms with Crippen LogP contribution in [0.15, 0.2) is 34.2 Å². The lowest BCUT2D eigenvalue weighted by Gasteiger charge is -2.24. The van der Waals surface area contributed by atoms with Crippen LogP contribution in [0.5, 0.6) is 5.75 Å². The highest BCUT2D eigenvalue weighted by molar-refractivity contribution is 7.99. The lowest BCUT2D eigenvalue weighted by atomic mass is 10.0. The minimum absolute atomic E-state index is 0.0599. The summed E-state index contributed by atoms with van der Waals surface area (Å²) in [7, 11) is 0. The molecule has 0 unspecified atom stereocenters. The summed E-state index contributed by atoms with van der Waals surface area (Å²) in [5.74, 6) is 0.886. The SMILES string of the molecule is CCOc1ccc(-n2c(SCC(=O)NC(C)(C)CC)nc3sc4c(c3c2=O)CCC4)cc1. The molecular formula is C24H29N3O3S2. The maximum absolute atomic E-state index is 13.7. The average molecular weight is 472 g/mol. The molecule has 0 aliphatic heterocycles. The normalized spacial score (nSPS) is 13.4. The van der Waals surface area contributed by atoms with Crippen LogP contribution in [0, 0.1) is 0 Å². The van der Waals surface area contributed by atoms with Crippen molar-refractivity contribution < 1.29 is 9.53 Å². The Labute approximate surface area is 196 Å². The topological polar surface area (TPSA) is 73.2 Å². The smallest absolute Gasteiger partial charge is 0.267 e. The van der Waals surface area contributed by atoms with Gasteiger partial charge in [0.05, 0.1) is 23.4 Å². The summed E-state index contributed by atoms with van der Waals surface area (Å²) in [6.45, 7) is 8.57. The van der Waals surface area contributed by atoms with Gasteiger partial charge in [0, 0.05) is 10.4 Å². The van der Waals surface area contributed by atoms with Crippen molar-refractivity contribution in [1.82, 2.24) is 14.9 Å². The van der Waals surface area contributed by atoms with Gasteiger partial charge in [-0.05, 0) is 76.3 Å². The summed E-state index contributed by atoms with van der Waals surface area (Å²) >= 11 is 2.92. The van der Waals surface area contributed by atoms with Gasteiger partial charge in [-0.15, -0.1) is 11.3 Å². The van der Waals surface area contributed by atoms with Gasteiger partial charge in [0.2, 0.25) is 5.91 Å². The van der Waals surface area contributed by atoms with E-state index in [4.69, 9.17) is 9.72 Å². The molecule has 6 nitrogen and oxygen atoms in total. The molecule has 1 aliphatic carbocycles. The van der Waals surface area contributed by atoms with Crippen molar-refractivity contribution in [2.45, 2.75) is 64.1 Å². The number of nitrogens with zero attached hydrogens (tertiary/aromatic N) is 2. The van der Waals surface area contributed by atoms with Crippen LogP contribution in [0.2, 0.25) is 0 Å². The number of benzene rings is 1. The van der Waals surface area contributed by atoms with Gasteiger partial charge in [0.1, 0.15) is 10.6 Å². The number of nitrogens with one attached hydrogen (secondary N) is 1. The average Bonchev–Trinajstić information content (AvgIpc) is 3.34. The van der Waals surface area contributed by atoms with E-state index in [1.165, 1.54) is 16.6 Å². The number of thioether (sulfide) groups is 1. The fraction of sp³-hybridized carbons (Fsp3) is 0.458. The van der Waals surface area contributed by atoms with Crippen molar-refractivity contribution in [3.63, 3.8) is 0 Å². The lowest BCUT2D eigenvalue weighted by Crippen LogP contribution is -2.43. The number of aryl methyl sites for hydroxylation is 2. The van der Waals surface area contributed by atoms with Gasteiger partial charge in [-0.25, -0.2) is 4.98 Å². The first-order valence-corrected chi connectivity index (χ1v) is 12.9. The Morgan fingerprint density at radius 3 is 2.69 bits per heavy atom. The molecule has 8 heteroatoms. The molecule has 0 atom stereocenters. The molecule has 3 aromatic rings. The summed E-state index contributed by atoms with van der Waals surface area (Å²) in [6, 6.07) is 7.46. The van der Waals surface area contributed by atoms with E-state index in [9.17, 15) is 9.59 Å². The number of aromatic nitrogens is 2. The number of carbonyl (C=O) groups excluding carboxylic acids is 1. The molecule has 32 heavy (non-hydrogen) atoms. The fourth-order valence-electron chi connectivity index (χ4n) is 3.84. The molecule has 0 radical (unpaired) electrons. The van der Waals surface area contributed by atoms with Gasteiger partial charge in [-0.1, -0.05) is 18.7 Å². The third kappa shape index (κ3) is 4.57. The van der Waals surface area contributed by atoms with Crippen LogP contribution in [0.3, 0.4) is 0 Å². The van der Waals surface area contributed by atoms with Crippen LogP contribution in [0.4, 0.5) is 0 Å². The number of carbonyl (C=O) groups is 1. The molecule has 0 bridgehead atoms. The second kappa shape index (κ2) is 9.27. The fourth-order valence-corrected chi connectivity index (χ4v) is 5.95. The van der Waals surface area contributed by atoms with Crippen LogP contribution in [0.1, 0.15) is 51.0 Å². The van der Waals surface area contributed by atoms with Crippen LogP contribution in [-0.2, 0) is 17.6 Å². The number of rotatable bonds is 8. The second-order valence-electron chi connectivity index (χ2n) is 8.57. The number of hydrogen-bond donors (Lipinski definition) is 1. The Morgan fingerprint density at radius 1 is 1.25 bits per heavy atom. The first-order chi connectivity index (χ1) is 15.3. The minimum Gasteiger partial charge on any atom is -0.494 e. The summed E-state index contributed by atoms with van der Waals surface area (Å²) in [5, 5.41) is 4.32. The largest absolute Gasteiger partial charge is 0.494 e. The van der Waals surface area contributed by atoms with Gasteiger partial charge in [0.25, 0.3) is 5.56 Å². The van der Waals surface area contributed by atoms with E-state index in [0.717, 1.165) is 52.9 Å². The maximum Gasteiger partial charge on any atom is 0.267 e. The maximum atomic E-state index is 13.7. The Kier molecular flexibility index (Phi) is 6.62. The third-order valence-corrected chi connectivity index (χ3v) is 7.93. The molecule has 170 valence electrons. The molecule has 2 aromatic heterocycles. The minimum atomic E-state index is -0.266. The first-order valence-electron chi connectivity index (χ1n) is 11.1. The Bertz CT molecular complexity index is 1200. The Hall–Kier alpha value is -2.32. The molecule has 0 saturated heterocycles. The highest BCUT2D eigenvalue weighted by atomic mass is 32.2. The van der Waals surface area contributed by atoms with Crippen molar-refractivity contribution in [2.24, 2.45) is 0 Å². The summed E-state index contributed by atoms with van der Waals surface area (Å²) < 4.78 is 7.20. The van der Waals surface area contributed by atoms with Crippen LogP contribution in [-0.4, -0.2) is 33.4 Å². The van der Waals surface area contributed by atoms with Gasteiger partial charge in [-0.3, -0.25) is 14.2 Å². The van der Waals surface area contributed by atoms with Crippen LogP contribution in [0.25, 0.3) is 15.9 Å². The summed E-state index contributed by atoms with van der Waals surface area (Å²) in [5.41, 5.74) is 1.55. The number of fused-ring (bicyclic) bond motifs is 3. The van der Waals surface area contributed by atoms with E-state index < -0.39 is 0 Å². The van der Waals surface area contributed by atoms with E-state index in [1.807, 2.05) is 52.0 Å². The van der Waals surface area contributed by atoms with Crippen molar-refractivity contribution in [3.05, 3.63) is 45.1 Å². The van der Waals surface area contributed by atoms with E-state index >= 15 is 0 Å². The van der Waals surface area contributed by atoms with Gasteiger partial charge in [0.15, 0.2) is 5.16 Å². The predicted octanol–water partition coefficient (Wildman–Crippen LogP) is 4.73. The molecule has 2 heterocycles. The quantitative estimate of drug-likeness (QED) is 0.380. The van der Waals surface area contributed by atoms with Gasteiger partial charge in [-0.2, -0.15) is 0 Å². The van der Waals surface area contributed by atoms with Crippen LogP contribution < -0.4 is 15.6 Å². The zero-order valence-corrected chi connectivity index (χ0v) is 20.6.